The van der Waals surface area contributed by atoms with E-state index in [1.165, 1.54) is 26.0 Å². The number of allylic oxidation sites excluding steroid dienone is 12. The Kier molecular flexibility index (Phi) is 22.2. The van der Waals surface area contributed by atoms with Crippen LogP contribution in [0.25, 0.3) is 0 Å². The van der Waals surface area contributed by atoms with Crippen molar-refractivity contribution in [3.63, 3.8) is 0 Å². The smallest absolute Gasteiger partial charge is 0.336 e. The highest BCUT2D eigenvalue weighted by atomic mass is 16.7. The zero-order valence-corrected chi connectivity index (χ0v) is 37.8. The van der Waals surface area contributed by atoms with Crippen LogP contribution < -0.4 is 0 Å². The van der Waals surface area contributed by atoms with Gasteiger partial charge in [-0.25, -0.2) is 9.59 Å². The summed E-state index contributed by atoms with van der Waals surface area (Å²) in [7, 11) is 0. The fraction of sp³-hybridized carbons (Fsp3) is 0.644. The van der Waals surface area contributed by atoms with Crippen LogP contribution in [-0.4, -0.2) is 226 Å². The van der Waals surface area contributed by atoms with Crippen LogP contribution >= 0.6 is 0 Å². The standard InChI is InChI=1S/C45H66O23/c1-20(11-7-13-22(3)41(60)67-44-39(58)36(55)32(51)27(65-44)18-62-25-15-24(16-46)29(48)34(53)30(25)49)9-5-6-10-21(2)12-8-14-23(4)42(61)68-45-40(59)37(56)33(52)28(66-45)19-63-43-38(57)35(54)31(50)26(17-47)64-43/h5-14,24-40,43-59H,15-19H2,1-4H3/b6-5+,11-7+,12-8+,20-9+,21-10+,22-13+,23-14+/t24-,25-,26-,27-,28-,29-,30+,31-,32-,33-,34+,35+,36+,37+,38-,39-,40-,43-,44+,45+/m1/s1. The van der Waals surface area contributed by atoms with Crippen molar-refractivity contribution in [1.29, 1.82) is 0 Å². The van der Waals surface area contributed by atoms with Crippen molar-refractivity contribution in [3.05, 3.63) is 83.1 Å². The molecule has 4 fully saturated rings. The van der Waals surface area contributed by atoms with Crippen molar-refractivity contribution < 1.29 is 114 Å². The van der Waals surface area contributed by atoms with Crippen LogP contribution in [0.1, 0.15) is 34.1 Å². The number of carbonyl (C=O) groups is 2. The molecule has 0 unspecified atom stereocenters. The van der Waals surface area contributed by atoms with Gasteiger partial charge in [0.1, 0.15) is 85.5 Å². The molecule has 0 spiro atoms. The van der Waals surface area contributed by atoms with Gasteiger partial charge in [-0.3, -0.25) is 0 Å². The van der Waals surface area contributed by atoms with E-state index in [0.29, 0.717) is 0 Å². The number of aliphatic hydroxyl groups excluding tert-OH is 14. The first-order valence-electron chi connectivity index (χ1n) is 21.8. The summed E-state index contributed by atoms with van der Waals surface area (Å²) in [6, 6.07) is 0. The monoisotopic (exact) mass is 974 g/mol. The Bertz CT molecular complexity index is 1730. The highest BCUT2D eigenvalue weighted by Crippen LogP contribution is 2.30. The molecule has 14 N–H and O–H groups in total. The van der Waals surface area contributed by atoms with Gasteiger partial charge in [-0.1, -0.05) is 71.9 Å². The van der Waals surface area contributed by atoms with E-state index in [1.54, 1.807) is 62.5 Å². The van der Waals surface area contributed by atoms with Crippen LogP contribution in [0, 0.1) is 5.92 Å². The van der Waals surface area contributed by atoms with Gasteiger partial charge in [0, 0.05) is 23.7 Å². The number of hydrogen-bond acceptors (Lipinski definition) is 23. The topological polar surface area (TPSA) is 382 Å². The average Bonchev–Trinajstić information content (AvgIpc) is 3.31. The molecule has 23 heteroatoms. The van der Waals surface area contributed by atoms with Crippen LogP contribution in [0.4, 0.5) is 0 Å². The first-order valence-corrected chi connectivity index (χ1v) is 21.8. The largest absolute Gasteiger partial charge is 0.429 e. The van der Waals surface area contributed by atoms with E-state index in [9.17, 15) is 81.1 Å². The molecule has 0 bridgehead atoms. The summed E-state index contributed by atoms with van der Waals surface area (Å²) < 4.78 is 37.8. The van der Waals surface area contributed by atoms with E-state index in [-0.39, 0.29) is 17.6 Å². The van der Waals surface area contributed by atoms with Gasteiger partial charge < -0.3 is 105 Å². The van der Waals surface area contributed by atoms with Crippen LogP contribution in [-0.2, 0) is 42.7 Å². The minimum Gasteiger partial charge on any atom is -0.429 e. The van der Waals surface area contributed by atoms with Gasteiger partial charge in [-0.05, 0) is 34.1 Å². The summed E-state index contributed by atoms with van der Waals surface area (Å²) in [5.41, 5.74) is 1.72. The summed E-state index contributed by atoms with van der Waals surface area (Å²) in [6.07, 6.45) is -14.2. The van der Waals surface area contributed by atoms with Gasteiger partial charge in [0.2, 0.25) is 12.6 Å². The Balaban J connectivity index is 1.23. The van der Waals surface area contributed by atoms with Gasteiger partial charge in [0.05, 0.1) is 32.0 Å². The third-order valence-corrected chi connectivity index (χ3v) is 11.7. The summed E-state index contributed by atoms with van der Waals surface area (Å²) >= 11 is 0. The van der Waals surface area contributed by atoms with Gasteiger partial charge in [0.25, 0.3) is 0 Å². The quantitative estimate of drug-likeness (QED) is 0.0349. The third kappa shape index (κ3) is 14.9. The van der Waals surface area contributed by atoms with Gasteiger partial charge >= 0.3 is 11.9 Å². The molecule has 4 aliphatic rings. The summed E-state index contributed by atoms with van der Waals surface area (Å²) in [4.78, 5) is 25.6. The number of aliphatic hydroxyl groups is 14. The lowest BCUT2D eigenvalue weighted by atomic mass is 9.81. The second-order valence-corrected chi connectivity index (χ2v) is 17.0. The minimum atomic E-state index is -1.85. The van der Waals surface area contributed by atoms with E-state index < -0.39 is 161 Å². The normalized spacial score (nSPS) is 40.3. The molecule has 0 aromatic rings. The van der Waals surface area contributed by atoms with E-state index in [2.05, 4.69) is 0 Å². The van der Waals surface area contributed by atoms with Crippen LogP contribution in [0.3, 0.4) is 0 Å². The fourth-order valence-electron chi connectivity index (χ4n) is 7.29. The molecular weight excluding hydrogens is 908 g/mol. The van der Waals surface area contributed by atoms with E-state index in [1.807, 2.05) is 0 Å². The highest BCUT2D eigenvalue weighted by molar-refractivity contribution is 5.88. The predicted molar refractivity (Wildman–Crippen MR) is 231 cm³/mol. The van der Waals surface area contributed by atoms with E-state index in [4.69, 9.17) is 33.2 Å². The number of esters is 2. The Morgan fingerprint density at radius 3 is 1.29 bits per heavy atom. The Morgan fingerprint density at radius 1 is 0.456 bits per heavy atom. The molecule has 3 saturated heterocycles. The predicted octanol–water partition coefficient (Wildman–Crippen LogP) is -4.56. The number of carbonyl (C=O) groups excluding carboxylic acids is 2. The molecule has 0 aromatic heterocycles. The number of hydrogen-bond donors (Lipinski definition) is 14. The number of rotatable bonds is 18. The SMILES string of the molecule is CC(/C=C/C=C(\C)C(=O)O[C@@H]1O[C@H](CO[C@@H]2O[C@H](CO)[C@@H](O)[C@H](O)[C@H]2O)[C@@H](O)[C@H](O)[C@H]1O)=C\C=C\C=C(C)\C=C\C=C(/C)C(=O)O[C@@H]1O[C@H](CO[C@@H]2C[C@H](CO)[C@@H](O)[C@H](O)[C@H]2O)[C@@H](O)[C@H](O)[C@H]1O. The van der Waals surface area contributed by atoms with Crippen molar-refractivity contribution >= 4 is 11.9 Å². The molecule has 68 heavy (non-hydrogen) atoms. The second-order valence-electron chi connectivity index (χ2n) is 17.0. The highest BCUT2D eigenvalue weighted by Gasteiger charge is 2.50. The van der Waals surface area contributed by atoms with Crippen LogP contribution in [0.2, 0.25) is 0 Å². The number of ether oxygens (including phenoxy) is 7. The minimum absolute atomic E-state index is 0.0380. The molecule has 0 aromatic carbocycles. The summed E-state index contributed by atoms with van der Waals surface area (Å²) in [5, 5.41) is 142. The van der Waals surface area contributed by atoms with Crippen molar-refractivity contribution in [2.24, 2.45) is 5.92 Å². The molecule has 1 saturated carbocycles. The maximum atomic E-state index is 12.8. The molecule has 0 radical (unpaired) electrons. The Morgan fingerprint density at radius 2 is 0.853 bits per heavy atom. The van der Waals surface area contributed by atoms with E-state index >= 15 is 0 Å². The van der Waals surface area contributed by atoms with Gasteiger partial charge in [-0.2, -0.15) is 0 Å². The van der Waals surface area contributed by atoms with Crippen LogP contribution in [0.15, 0.2) is 83.1 Å². The first kappa shape index (κ1) is 56.9. The summed E-state index contributed by atoms with van der Waals surface area (Å²) in [5.74, 6) is -2.63. The molecular formula is C45H66O23. The van der Waals surface area contributed by atoms with Crippen LogP contribution in [0.5, 0.6) is 0 Å². The maximum Gasteiger partial charge on any atom is 0.336 e. The first-order chi connectivity index (χ1) is 32.1. The van der Waals surface area contributed by atoms with Crippen molar-refractivity contribution in [3.8, 4) is 0 Å². The van der Waals surface area contributed by atoms with Crippen molar-refractivity contribution in [1.82, 2.24) is 0 Å². The Hall–Kier alpha value is -3.64. The molecule has 23 nitrogen and oxygen atoms in total. The lowest BCUT2D eigenvalue weighted by Crippen LogP contribution is -2.61. The fourth-order valence-corrected chi connectivity index (χ4v) is 7.29. The molecule has 3 aliphatic heterocycles. The zero-order valence-electron chi connectivity index (χ0n) is 37.8. The summed E-state index contributed by atoms with van der Waals surface area (Å²) in [6.45, 7) is 4.18. The Labute approximate surface area is 391 Å². The average molecular weight is 975 g/mol. The maximum absolute atomic E-state index is 12.8. The molecule has 3 heterocycles. The lowest BCUT2D eigenvalue weighted by Gasteiger charge is -2.42. The lowest BCUT2D eigenvalue weighted by molar-refractivity contribution is -0.326. The zero-order chi connectivity index (χ0) is 50.6. The molecule has 1 aliphatic carbocycles. The molecule has 0 amide bonds. The van der Waals surface area contributed by atoms with Crippen molar-refractivity contribution in [2.45, 2.75) is 151 Å². The van der Waals surface area contributed by atoms with E-state index in [0.717, 1.165) is 11.1 Å². The van der Waals surface area contributed by atoms with Crippen molar-refractivity contribution in [2.75, 3.05) is 26.4 Å². The molecule has 4 rings (SSSR count). The molecule has 20 atom stereocenters. The van der Waals surface area contributed by atoms with Gasteiger partial charge in [-0.15, -0.1) is 0 Å². The van der Waals surface area contributed by atoms with Gasteiger partial charge in [0.15, 0.2) is 6.29 Å². The third-order valence-electron chi connectivity index (χ3n) is 11.7. The molecule has 384 valence electrons. The second kappa shape index (κ2) is 26.5.